The molecular formula is C7H12N2. The third kappa shape index (κ3) is 3.60. The van der Waals surface area contributed by atoms with E-state index in [1.165, 1.54) is 0 Å². The molecule has 0 aliphatic heterocycles. The van der Waals surface area contributed by atoms with Crippen LogP contribution in [-0.2, 0) is 0 Å². The van der Waals surface area contributed by atoms with Crippen molar-refractivity contribution < 1.29 is 0 Å². The molecule has 0 bridgehead atoms. The number of nitriles is 1. The first-order valence-electron chi connectivity index (χ1n) is 2.88. The van der Waals surface area contributed by atoms with E-state index >= 15 is 0 Å². The maximum absolute atomic E-state index is 8.13. The summed E-state index contributed by atoms with van der Waals surface area (Å²) < 4.78 is 0. The van der Waals surface area contributed by atoms with Gasteiger partial charge in [-0.3, -0.25) is 0 Å². The molecule has 0 aromatic heterocycles. The molecule has 9 heavy (non-hydrogen) atoms. The lowest BCUT2D eigenvalue weighted by atomic mass is 9.94. The zero-order valence-corrected chi connectivity index (χ0v) is 5.94. The summed E-state index contributed by atoms with van der Waals surface area (Å²) in [5.41, 5.74) is 0.0235. The highest BCUT2D eigenvalue weighted by Gasteiger charge is 2.10. The van der Waals surface area contributed by atoms with Gasteiger partial charge in [0, 0.05) is 12.0 Å². The van der Waals surface area contributed by atoms with Gasteiger partial charge in [-0.25, -0.2) is 0 Å². The molecule has 2 heteroatoms. The van der Waals surface area contributed by atoms with Crippen molar-refractivity contribution in [1.82, 2.24) is 5.32 Å². The number of rotatable bonds is 3. The highest BCUT2D eigenvalue weighted by molar-refractivity contribution is 4.90. The highest BCUT2D eigenvalue weighted by Crippen LogP contribution is 2.13. The molecule has 0 aromatic rings. The van der Waals surface area contributed by atoms with Crippen LogP contribution in [0.3, 0.4) is 0 Å². The molecule has 0 fully saturated rings. The van der Waals surface area contributed by atoms with Gasteiger partial charge in [0.2, 0.25) is 0 Å². The fraction of sp³-hybridized carbons (Fsp3) is 0.571. The second-order valence-electron chi connectivity index (χ2n) is 2.66. The Kier molecular flexibility index (Phi) is 2.80. The Morgan fingerprint density at radius 1 is 1.78 bits per heavy atom. The summed E-state index contributed by atoms with van der Waals surface area (Å²) in [7, 11) is 0. The van der Waals surface area contributed by atoms with Crippen molar-refractivity contribution in [2.24, 2.45) is 5.41 Å². The summed E-state index contributed by atoms with van der Waals surface area (Å²) in [5, 5.41) is 10.7. The van der Waals surface area contributed by atoms with Gasteiger partial charge in [0.05, 0.1) is 0 Å². The van der Waals surface area contributed by atoms with Crippen LogP contribution in [0.15, 0.2) is 12.7 Å². The Labute approximate surface area is 56.2 Å². The van der Waals surface area contributed by atoms with Gasteiger partial charge in [-0.1, -0.05) is 19.9 Å². The van der Waals surface area contributed by atoms with Gasteiger partial charge >= 0.3 is 0 Å². The molecule has 0 amide bonds. The smallest absolute Gasteiger partial charge is 0.176 e. The summed E-state index contributed by atoms with van der Waals surface area (Å²) in [6, 6.07) is 0. The summed E-state index contributed by atoms with van der Waals surface area (Å²) in [5.74, 6) is 0. The van der Waals surface area contributed by atoms with Gasteiger partial charge in [-0.05, 0) is 0 Å². The number of hydrogen-bond acceptors (Lipinski definition) is 2. The van der Waals surface area contributed by atoms with Crippen molar-refractivity contribution in [3.63, 3.8) is 0 Å². The zero-order chi connectivity index (χ0) is 7.33. The third-order valence-electron chi connectivity index (χ3n) is 1.18. The number of nitrogens with zero attached hydrogens (tertiary/aromatic N) is 1. The second kappa shape index (κ2) is 3.13. The largest absolute Gasteiger partial charge is 0.323 e. The van der Waals surface area contributed by atoms with Gasteiger partial charge in [-0.15, -0.1) is 6.58 Å². The quantitative estimate of drug-likeness (QED) is 0.349. The number of hydrogen-bond donors (Lipinski definition) is 1. The van der Waals surface area contributed by atoms with E-state index in [2.05, 4.69) is 11.9 Å². The molecule has 1 N–H and O–H groups in total. The van der Waals surface area contributed by atoms with Crippen LogP contribution in [0.25, 0.3) is 0 Å². The fourth-order valence-electron chi connectivity index (χ4n) is 0.340. The summed E-state index contributed by atoms with van der Waals surface area (Å²) >= 11 is 0. The van der Waals surface area contributed by atoms with E-state index < -0.39 is 0 Å². The van der Waals surface area contributed by atoms with E-state index in [1.807, 2.05) is 26.1 Å². The van der Waals surface area contributed by atoms with Gasteiger partial charge < -0.3 is 5.32 Å². The van der Waals surface area contributed by atoms with Crippen molar-refractivity contribution >= 4 is 0 Å². The molecule has 0 aliphatic rings. The minimum absolute atomic E-state index is 0.0235. The van der Waals surface area contributed by atoms with Crippen LogP contribution in [0, 0.1) is 16.9 Å². The Morgan fingerprint density at radius 3 is 2.67 bits per heavy atom. The maximum atomic E-state index is 8.13. The molecule has 50 valence electrons. The summed E-state index contributed by atoms with van der Waals surface area (Å²) in [6.45, 7) is 8.33. The van der Waals surface area contributed by atoms with Crippen molar-refractivity contribution in [2.75, 3.05) is 6.54 Å². The molecule has 0 saturated heterocycles. The minimum atomic E-state index is 0.0235. The van der Waals surface area contributed by atoms with E-state index in [1.54, 1.807) is 0 Å². The predicted octanol–water partition coefficient (Wildman–Crippen LogP) is 1.27. The van der Waals surface area contributed by atoms with Gasteiger partial charge in [0.15, 0.2) is 6.19 Å². The monoisotopic (exact) mass is 124 g/mol. The molecule has 0 radical (unpaired) electrons. The third-order valence-corrected chi connectivity index (χ3v) is 1.18. The van der Waals surface area contributed by atoms with E-state index in [-0.39, 0.29) is 5.41 Å². The average molecular weight is 124 g/mol. The van der Waals surface area contributed by atoms with Crippen molar-refractivity contribution in [2.45, 2.75) is 13.8 Å². The minimum Gasteiger partial charge on any atom is -0.323 e. The molecule has 0 aliphatic carbocycles. The van der Waals surface area contributed by atoms with Crippen LogP contribution >= 0.6 is 0 Å². The first kappa shape index (κ1) is 8.03. The van der Waals surface area contributed by atoms with Crippen molar-refractivity contribution in [3.05, 3.63) is 12.7 Å². The lowest BCUT2D eigenvalue weighted by Gasteiger charge is -2.17. The highest BCUT2D eigenvalue weighted by atomic mass is 14.9. The Hall–Kier alpha value is -0.970. The lowest BCUT2D eigenvalue weighted by molar-refractivity contribution is 0.467. The Balaban J connectivity index is 3.61. The average Bonchev–Trinajstić information content (AvgIpc) is 1.84. The Bertz CT molecular complexity index is 130. The van der Waals surface area contributed by atoms with Crippen LogP contribution in [0.1, 0.15) is 13.8 Å². The van der Waals surface area contributed by atoms with E-state index in [4.69, 9.17) is 5.26 Å². The van der Waals surface area contributed by atoms with Crippen LogP contribution < -0.4 is 5.32 Å². The molecular weight excluding hydrogens is 112 g/mol. The topological polar surface area (TPSA) is 35.8 Å². The number of nitrogens with one attached hydrogen (secondary N) is 1. The van der Waals surface area contributed by atoms with Gasteiger partial charge in [-0.2, -0.15) is 5.26 Å². The van der Waals surface area contributed by atoms with Crippen LogP contribution in [-0.4, -0.2) is 6.54 Å². The molecule has 0 atom stereocenters. The zero-order valence-electron chi connectivity index (χ0n) is 5.94. The summed E-state index contributed by atoms with van der Waals surface area (Å²) in [4.78, 5) is 0. The van der Waals surface area contributed by atoms with Gasteiger partial charge in [0.25, 0.3) is 0 Å². The first-order chi connectivity index (χ1) is 4.12. The molecule has 0 aromatic carbocycles. The molecule has 0 unspecified atom stereocenters. The normalized spacial score (nSPS) is 9.89. The maximum Gasteiger partial charge on any atom is 0.176 e. The second-order valence-corrected chi connectivity index (χ2v) is 2.66. The van der Waals surface area contributed by atoms with Crippen LogP contribution in [0.2, 0.25) is 0 Å². The first-order valence-corrected chi connectivity index (χ1v) is 2.88. The SMILES string of the molecule is C=CC(C)(C)CNC#N. The van der Waals surface area contributed by atoms with Crippen LogP contribution in [0.4, 0.5) is 0 Å². The van der Waals surface area contributed by atoms with Gasteiger partial charge in [0.1, 0.15) is 0 Å². The van der Waals surface area contributed by atoms with Crippen LogP contribution in [0.5, 0.6) is 0 Å². The molecule has 0 spiro atoms. The van der Waals surface area contributed by atoms with E-state index in [9.17, 15) is 0 Å². The summed E-state index contributed by atoms with van der Waals surface area (Å²) in [6.07, 6.45) is 3.69. The predicted molar refractivity (Wildman–Crippen MR) is 37.6 cm³/mol. The molecule has 0 rings (SSSR count). The molecule has 2 nitrogen and oxygen atoms in total. The van der Waals surface area contributed by atoms with Crippen molar-refractivity contribution in [1.29, 1.82) is 5.26 Å². The standard InChI is InChI=1S/C7H12N2/c1-4-7(2,3)5-9-6-8/h4,9H,1,5H2,2-3H3. The lowest BCUT2D eigenvalue weighted by Crippen LogP contribution is -2.23. The molecule has 0 saturated carbocycles. The van der Waals surface area contributed by atoms with Crippen molar-refractivity contribution in [3.8, 4) is 6.19 Å². The Morgan fingerprint density at radius 2 is 2.33 bits per heavy atom. The molecule has 0 heterocycles. The van der Waals surface area contributed by atoms with E-state index in [0.29, 0.717) is 6.54 Å². The van der Waals surface area contributed by atoms with E-state index in [0.717, 1.165) is 0 Å². The fourth-order valence-corrected chi connectivity index (χ4v) is 0.340.